The van der Waals surface area contributed by atoms with Crippen LogP contribution in [0.15, 0.2) is 6.33 Å². The molecular formula is C12H21N3O. The lowest BCUT2D eigenvalue weighted by Crippen LogP contribution is -2.19. The van der Waals surface area contributed by atoms with E-state index in [0.717, 1.165) is 5.82 Å². The molecule has 16 heavy (non-hydrogen) atoms. The van der Waals surface area contributed by atoms with E-state index in [9.17, 15) is 5.11 Å². The third-order valence-corrected chi connectivity index (χ3v) is 4.71. The molecule has 1 unspecified atom stereocenters. The number of hydrogen-bond acceptors (Lipinski definition) is 3. The van der Waals surface area contributed by atoms with Gasteiger partial charge in [0.15, 0.2) is 0 Å². The zero-order valence-electron chi connectivity index (χ0n) is 10.7. The molecule has 4 nitrogen and oxygen atoms in total. The Hall–Kier alpha value is -0.900. The summed E-state index contributed by atoms with van der Waals surface area (Å²) in [6.07, 6.45) is 1.80. The minimum Gasteiger partial charge on any atom is -0.392 e. The number of rotatable bonds is 3. The third-order valence-electron chi connectivity index (χ3n) is 4.71. The highest BCUT2D eigenvalue weighted by molar-refractivity contribution is 5.15. The van der Waals surface area contributed by atoms with Gasteiger partial charge in [0.2, 0.25) is 0 Å². The highest BCUT2D eigenvalue weighted by Gasteiger charge is 2.67. The van der Waals surface area contributed by atoms with E-state index in [0.29, 0.717) is 12.3 Å². The maximum absolute atomic E-state index is 10.3. The van der Waals surface area contributed by atoms with Gasteiger partial charge < -0.3 is 5.11 Å². The fourth-order valence-electron chi connectivity index (χ4n) is 3.02. The van der Waals surface area contributed by atoms with Crippen LogP contribution in [0.4, 0.5) is 0 Å². The highest BCUT2D eigenvalue weighted by Crippen LogP contribution is 2.69. The van der Waals surface area contributed by atoms with Gasteiger partial charge in [-0.05, 0) is 16.7 Å². The highest BCUT2D eigenvalue weighted by atomic mass is 16.3. The van der Waals surface area contributed by atoms with Crippen LogP contribution in [0, 0.1) is 16.7 Å². The fraction of sp³-hybridized carbons (Fsp3) is 0.833. The van der Waals surface area contributed by atoms with Gasteiger partial charge in [-0.1, -0.05) is 27.7 Å². The van der Waals surface area contributed by atoms with Crippen molar-refractivity contribution < 1.29 is 5.11 Å². The van der Waals surface area contributed by atoms with Gasteiger partial charge in [-0.3, -0.25) is 4.68 Å². The first-order chi connectivity index (χ1) is 7.28. The summed E-state index contributed by atoms with van der Waals surface area (Å²) in [7, 11) is 1.86. The van der Waals surface area contributed by atoms with Crippen molar-refractivity contribution in [3.05, 3.63) is 12.2 Å². The SMILES string of the molecule is Cn1ncnc1CC(O)C1C(C)(C)C1(C)C. The van der Waals surface area contributed by atoms with Crippen LogP contribution in [0.2, 0.25) is 0 Å². The molecule has 1 aromatic rings. The Morgan fingerprint density at radius 3 is 2.31 bits per heavy atom. The molecule has 1 aliphatic carbocycles. The summed E-state index contributed by atoms with van der Waals surface area (Å²) in [6.45, 7) is 8.88. The van der Waals surface area contributed by atoms with Crippen molar-refractivity contribution in [2.45, 2.75) is 40.2 Å². The molecule has 0 aliphatic heterocycles. The van der Waals surface area contributed by atoms with E-state index in [1.54, 1.807) is 4.68 Å². The molecule has 0 bridgehead atoms. The van der Waals surface area contributed by atoms with E-state index in [2.05, 4.69) is 37.8 Å². The maximum atomic E-state index is 10.3. The van der Waals surface area contributed by atoms with Gasteiger partial charge >= 0.3 is 0 Å². The Bertz CT molecular complexity index is 381. The molecule has 0 spiro atoms. The largest absolute Gasteiger partial charge is 0.392 e. The Kier molecular flexibility index (Phi) is 2.38. The van der Waals surface area contributed by atoms with Crippen LogP contribution in [0.1, 0.15) is 33.5 Å². The molecule has 1 N–H and O–H groups in total. The fourth-order valence-corrected chi connectivity index (χ4v) is 3.02. The summed E-state index contributed by atoms with van der Waals surface area (Å²) in [5.41, 5.74) is 0.427. The zero-order chi connectivity index (χ0) is 12.1. The predicted molar refractivity (Wildman–Crippen MR) is 61.8 cm³/mol. The first-order valence-electron chi connectivity index (χ1n) is 5.79. The lowest BCUT2D eigenvalue weighted by molar-refractivity contribution is 0.126. The van der Waals surface area contributed by atoms with E-state index >= 15 is 0 Å². The van der Waals surface area contributed by atoms with Gasteiger partial charge in [0.1, 0.15) is 12.2 Å². The summed E-state index contributed by atoms with van der Waals surface area (Å²) in [4.78, 5) is 4.15. The van der Waals surface area contributed by atoms with Crippen LogP contribution in [0.5, 0.6) is 0 Å². The first kappa shape index (κ1) is 11.6. The normalized spacial score (nSPS) is 24.4. The van der Waals surface area contributed by atoms with Gasteiger partial charge in [-0.2, -0.15) is 5.10 Å². The van der Waals surface area contributed by atoms with E-state index in [-0.39, 0.29) is 16.9 Å². The summed E-state index contributed by atoms with van der Waals surface area (Å²) in [6, 6.07) is 0. The number of nitrogens with zero attached hydrogens (tertiary/aromatic N) is 3. The predicted octanol–water partition coefficient (Wildman–Crippen LogP) is 1.40. The Balaban J connectivity index is 2.07. The molecular weight excluding hydrogens is 202 g/mol. The molecule has 0 radical (unpaired) electrons. The number of aliphatic hydroxyl groups excluding tert-OH is 1. The number of aromatic nitrogens is 3. The summed E-state index contributed by atoms with van der Waals surface area (Å²) < 4.78 is 1.73. The Labute approximate surface area is 96.7 Å². The van der Waals surface area contributed by atoms with Crippen LogP contribution in [0.3, 0.4) is 0 Å². The lowest BCUT2D eigenvalue weighted by Gasteiger charge is -2.11. The minimum atomic E-state index is -0.326. The third kappa shape index (κ3) is 1.47. The molecule has 90 valence electrons. The molecule has 1 aromatic heterocycles. The van der Waals surface area contributed by atoms with Crippen LogP contribution in [0.25, 0.3) is 0 Å². The number of aliphatic hydroxyl groups is 1. The second-order valence-electron chi connectivity index (χ2n) is 5.99. The van der Waals surface area contributed by atoms with Crippen LogP contribution < -0.4 is 0 Å². The molecule has 1 aliphatic rings. The van der Waals surface area contributed by atoms with Crippen molar-refractivity contribution in [3.8, 4) is 0 Å². The van der Waals surface area contributed by atoms with Crippen LogP contribution >= 0.6 is 0 Å². The van der Waals surface area contributed by atoms with Gasteiger partial charge in [0, 0.05) is 13.5 Å². The second-order valence-corrected chi connectivity index (χ2v) is 5.99. The van der Waals surface area contributed by atoms with Gasteiger partial charge in [0.05, 0.1) is 6.10 Å². The second kappa shape index (κ2) is 3.29. The van der Waals surface area contributed by atoms with Crippen molar-refractivity contribution in [1.29, 1.82) is 0 Å². The average molecular weight is 223 g/mol. The number of hydrogen-bond donors (Lipinski definition) is 1. The molecule has 4 heteroatoms. The molecule has 0 amide bonds. The minimum absolute atomic E-state index is 0.213. The molecule has 1 heterocycles. The monoisotopic (exact) mass is 223 g/mol. The van der Waals surface area contributed by atoms with Gasteiger partial charge in [-0.15, -0.1) is 0 Å². The standard InChI is InChI=1S/C12H21N3O/c1-11(2)10(12(11,3)4)8(16)6-9-13-7-14-15(9)5/h7-8,10,16H,6H2,1-5H3. The summed E-state index contributed by atoms with van der Waals surface area (Å²) in [5, 5.41) is 14.3. The van der Waals surface area contributed by atoms with Crippen LogP contribution in [-0.4, -0.2) is 26.0 Å². The van der Waals surface area contributed by atoms with E-state index < -0.39 is 0 Å². The smallest absolute Gasteiger partial charge is 0.138 e. The number of aryl methyl sites for hydroxylation is 1. The van der Waals surface area contributed by atoms with Crippen molar-refractivity contribution >= 4 is 0 Å². The van der Waals surface area contributed by atoms with Crippen LogP contribution in [-0.2, 0) is 13.5 Å². The molecule has 1 atom stereocenters. The maximum Gasteiger partial charge on any atom is 0.138 e. The van der Waals surface area contributed by atoms with E-state index in [1.165, 1.54) is 6.33 Å². The Morgan fingerprint density at radius 2 is 1.94 bits per heavy atom. The van der Waals surface area contributed by atoms with E-state index in [4.69, 9.17) is 0 Å². The van der Waals surface area contributed by atoms with Crippen molar-refractivity contribution in [1.82, 2.24) is 14.8 Å². The first-order valence-corrected chi connectivity index (χ1v) is 5.79. The molecule has 1 saturated carbocycles. The summed E-state index contributed by atoms with van der Waals surface area (Å²) in [5.74, 6) is 1.20. The van der Waals surface area contributed by atoms with E-state index in [1.807, 2.05) is 7.05 Å². The van der Waals surface area contributed by atoms with Crippen molar-refractivity contribution in [2.24, 2.45) is 23.8 Å². The molecule has 2 rings (SSSR count). The molecule has 1 fully saturated rings. The van der Waals surface area contributed by atoms with Gasteiger partial charge in [0.25, 0.3) is 0 Å². The van der Waals surface area contributed by atoms with Crippen molar-refractivity contribution in [3.63, 3.8) is 0 Å². The van der Waals surface area contributed by atoms with Crippen molar-refractivity contribution in [2.75, 3.05) is 0 Å². The topological polar surface area (TPSA) is 50.9 Å². The van der Waals surface area contributed by atoms with Gasteiger partial charge in [-0.25, -0.2) is 4.98 Å². The lowest BCUT2D eigenvalue weighted by atomic mass is 10.0. The quantitative estimate of drug-likeness (QED) is 0.842. The average Bonchev–Trinajstić information content (AvgIpc) is 2.44. The summed E-state index contributed by atoms with van der Waals surface area (Å²) >= 11 is 0. The zero-order valence-corrected chi connectivity index (χ0v) is 10.7. The molecule has 0 saturated heterocycles. The molecule has 0 aromatic carbocycles. The Morgan fingerprint density at radius 1 is 1.38 bits per heavy atom.